The second-order valence-corrected chi connectivity index (χ2v) is 7.13. The Balaban J connectivity index is 1.57. The van der Waals surface area contributed by atoms with Crippen molar-refractivity contribution in [2.24, 2.45) is 11.5 Å². The maximum atomic E-state index is 11.8. The summed E-state index contributed by atoms with van der Waals surface area (Å²) >= 11 is 0. The van der Waals surface area contributed by atoms with E-state index >= 15 is 0 Å². The first-order valence-corrected chi connectivity index (χ1v) is 9.56. The van der Waals surface area contributed by atoms with Crippen LogP contribution in [0.3, 0.4) is 0 Å². The van der Waals surface area contributed by atoms with Crippen molar-refractivity contribution in [3.8, 4) is 11.3 Å². The fourth-order valence-electron chi connectivity index (χ4n) is 3.51. The number of aromatic nitrogens is 3. The van der Waals surface area contributed by atoms with E-state index in [1.807, 2.05) is 12.1 Å². The van der Waals surface area contributed by atoms with Crippen molar-refractivity contribution in [1.29, 1.82) is 0 Å². The number of nitrogens with two attached hydrogens (primary N) is 2. The Kier molecular flexibility index (Phi) is 5.39. The fraction of sp³-hybridized carbons (Fsp3) is 0.300. The molecule has 3 aromatic heterocycles. The molecule has 0 bridgehead atoms. The van der Waals surface area contributed by atoms with E-state index in [9.17, 15) is 4.79 Å². The first kappa shape index (κ1) is 18.9. The second-order valence-electron chi connectivity index (χ2n) is 7.13. The van der Waals surface area contributed by atoms with Gasteiger partial charge in [-0.05, 0) is 31.0 Å². The van der Waals surface area contributed by atoms with Gasteiger partial charge in [-0.1, -0.05) is 18.0 Å². The van der Waals surface area contributed by atoms with Gasteiger partial charge in [-0.25, -0.2) is 4.98 Å². The van der Waals surface area contributed by atoms with Crippen molar-refractivity contribution in [1.82, 2.24) is 15.1 Å². The molecule has 0 aromatic carbocycles. The molecule has 0 unspecified atom stereocenters. The maximum absolute atomic E-state index is 11.8. The highest BCUT2D eigenvalue weighted by Gasteiger charge is 2.22. The average molecular weight is 393 g/mol. The van der Waals surface area contributed by atoms with Crippen molar-refractivity contribution in [2.45, 2.75) is 37.8 Å². The molecule has 2 atom stereocenters. The third-order valence-electron chi connectivity index (χ3n) is 5.02. The number of nitrogens with one attached hydrogen (secondary N) is 2. The molecule has 1 aliphatic rings. The molecule has 0 spiro atoms. The molecule has 4 rings (SSSR count). The van der Waals surface area contributed by atoms with Gasteiger partial charge in [0.1, 0.15) is 5.69 Å². The highest BCUT2D eigenvalue weighted by molar-refractivity contribution is 5.97. The molecule has 1 amide bonds. The first-order chi connectivity index (χ1) is 14.1. The summed E-state index contributed by atoms with van der Waals surface area (Å²) in [5, 5.41) is 10.5. The smallest absolute Gasteiger partial charge is 0.269 e. The van der Waals surface area contributed by atoms with Crippen LogP contribution < -0.4 is 22.1 Å². The lowest BCUT2D eigenvalue weighted by molar-refractivity contribution is 0.0996. The second kappa shape index (κ2) is 8.27. The van der Waals surface area contributed by atoms with E-state index < -0.39 is 5.91 Å². The number of carbonyl (C=O) groups excluding carboxylic acids is 1. The predicted molar refractivity (Wildman–Crippen MR) is 110 cm³/mol. The summed E-state index contributed by atoms with van der Waals surface area (Å²) in [4.78, 5) is 20.1. The van der Waals surface area contributed by atoms with Gasteiger partial charge >= 0.3 is 0 Å². The minimum Gasteiger partial charge on any atom is -0.379 e. The van der Waals surface area contributed by atoms with E-state index in [0.717, 1.165) is 36.9 Å². The third kappa shape index (κ3) is 4.35. The van der Waals surface area contributed by atoms with E-state index in [-0.39, 0.29) is 17.8 Å². The normalized spacial score (nSPS) is 18.9. The number of rotatable bonds is 6. The Morgan fingerprint density at radius 1 is 1.21 bits per heavy atom. The van der Waals surface area contributed by atoms with Crippen LogP contribution >= 0.6 is 0 Å². The van der Waals surface area contributed by atoms with Gasteiger partial charge in [-0.2, -0.15) is 0 Å². The number of primary amides is 1. The Morgan fingerprint density at radius 3 is 2.83 bits per heavy atom. The van der Waals surface area contributed by atoms with Gasteiger partial charge in [0.25, 0.3) is 5.91 Å². The Bertz CT molecular complexity index is 990. The zero-order valence-corrected chi connectivity index (χ0v) is 15.8. The molecule has 1 fully saturated rings. The largest absolute Gasteiger partial charge is 0.379 e. The molecule has 29 heavy (non-hydrogen) atoms. The minimum atomic E-state index is -0.639. The molecule has 1 saturated carbocycles. The van der Waals surface area contributed by atoms with Crippen LogP contribution in [0.15, 0.2) is 47.4 Å². The molecular weight excluding hydrogens is 370 g/mol. The van der Waals surface area contributed by atoms with Gasteiger partial charge in [0.05, 0.1) is 17.6 Å². The van der Waals surface area contributed by atoms with Crippen molar-refractivity contribution in [3.05, 3.63) is 48.5 Å². The predicted octanol–water partition coefficient (Wildman–Crippen LogP) is 2.66. The van der Waals surface area contributed by atoms with Crippen LogP contribution in [0.5, 0.6) is 0 Å². The summed E-state index contributed by atoms with van der Waals surface area (Å²) in [5.74, 6) is -0.278. The molecule has 150 valence electrons. The summed E-state index contributed by atoms with van der Waals surface area (Å²) in [6, 6.07) is 7.45. The van der Waals surface area contributed by atoms with Crippen molar-refractivity contribution >= 4 is 23.2 Å². The Hall–Kier alpha value is -3.46. The molecule has 9 nitrogen and oxygen atoms in total. The number of anilines is 3. The molecule has 3 aromatic rings. The van der Waals surface area contributed by atoms with Crippen LogP contribution in [0.2, 0.25) is 0 Å². The van der Waals surface area contributed by atoms with Crippen LogP contribution in [0, 0.1) is 0 Å². The highest BCUT2D eigenvalue weighted by Crippen LogP contribution is 2.28. The summed E-state index contributed by atoms with van der Waals surface area (Å²) in [6.45, 7) is 0. The van der Waals surface area contributed by atoms with E-state index in [2.05, 4.69) is 25.8 Å². The Morgan fingerprint density at radius 2 is 2.07 bits per heavy atom. The summed E-state index contributed by atoms with van der Waals surface area (Å²) in [7, 11) is 0. The molecular formula is C20H23N7O2. The Labute approximate surface area is 167 Å². The number of pyridine rings is 2. The van der Waals surface area contributed by atoms with Gasteiger partial charge < -0.3 is 26.6 Å². The number of hydrogen-bond donors (Lipinski definition) is 4. The van der Waals surface area contributed by atoms with Crippen LogP contribution in [0.1, 0.15) is 36.2 Å². The van der Waals surface area contributed by atoms with Crippen LogP contribution in [-0.4, -0.2) is 33.1 Å². The average Bonchev–Trinajstić information content (AvgIpc) is 3.19. The van der Waals surface area contributed by atoms with Gasteiger partial charge in [0.2, 0.25) is 5.88 Å². The molecule has 3 heterocycles. The molecule has 9 heteroatoms. The number of nitrogens with zero attached hydrogens (tertiary/aromatic N) is 3. The number of amides is 1. The number of hydrogen-bond acceptors (Lipinski definition) is 8. The van der Waals surface area contributed by atoms with Gasteiger partial charge in [-0.3, -0.25) is 9.78 Å². The zero-order valence-electron chi connectivity index (χ0n) is 15.8. The first-order valence-electron chi connectivity index (χ1n) is 9.56. The van der Waals surface area contributed by atoms with E-state index in [4.69, 9.17) is 16.0 Å². The molecule has 0 aliphatic heterocycles. The lowest BCUT2D eigenvalue weighted by Crippen LogP contribution is -2.42. The van der Waals surface area contributed by atoms with Crippen LogP contribution in [0.25, 0.3) is 11.3 Å². The summed E-state index contributed by atoms with van der Waals surface area (Å²) < 4.78 is 5.36. The highest BCUT2D eigenvalue weighted by atomic mass is 16.5. The van der Waals surface area contributed by atoms with E-state index in [0.29, 0.717) is 17.3 Å². The summed E-state index contributed by atoms with van der Waals surface area (Å²) in [6.07, 6.45) is 9.24. The SMILES string of the molecule is NC(=O)c1ncc(N[C@@H]2CCCC[C@@H]2N)cc1Nc1cc(-c2cccnc2)no1. The van der Waals surface area contributed by atoms with Crippen molar-refractivity contribution < 1.29 is 9.32 Å². The number of carbonyl (C=O) groups is 1. The summed E-state index contributed by atoms with van der Waals surface area (Å²) in [5.41, 5.74) is 14.5. The molecule has 6 N–H and O–H groups in total. The standard InChI is InChI=1S/C20H23N7O2/c21-14-5-1-2-6-15(14)25-13-8-17(19(20(22)28)24-11-13)26-18-9-16(27-29-18)12-4-3-7-23-10-12/h3-4,7-11,14-15,25-26H,1-2,5-6,21H2,(H2,22,28)/t14-,15+/m0/s1. The minimum absolute atomic E-state index is 0.0901. The van der Waals surface area contributed by atoms with E-state index in [1.165, 1.54) is 0 Å². The van der Waals surface area contributed by atoms with Crippen molar-refractivity contribution in [3.63, 3.8) is 0 Å². The lowest BCUT2D eigenvalue weighted by atomic mass is 9.91. The zero-order chi connectivity index (χ0) is 20.2. The van der Waals surface area contributed by atoms with E-state index in [1.54, 1.807) is 30.7 Å². The molecule has 0 radical (unpaired) electrons. The van der Waals surface area contributed by atoms with Gasteiger partial charge in [-0.15, -0.1) is 0 Å². The topological polar surface area (TPSA) is 145 Å². The third-order valence-corrected chi connectivity index (χ3v) is 5.02. The maximum Gasteiger partial charge on any atom is 0.269 e. The van der Waals surface area contributed by atoms with Gasteiger partial charge in [0, 0.05) is 36.1 Å². The monoisotopic (exact) mass is 393 g/mol. The fourth-order valence-corrected chi connectivity index (χ4v) is 3.51. The molecule has 1 aliphatic carbocycles. The van der Waals surface area contributed by atoms with Crippen LogP contribution in [-0.2, 0) is 0 Å². The van der Waals surface area contributed by atoms with Crippen LogP contribution in [0.4, 0.5) is 17.3 Å². The lowest BCUT2D eigenvalue weighted by Gasteiger charge is -2.30. The van der Waals surface area contributed by atoms with Gasteiger partial charge in [0.15, 0.2) is 5.69 Å². The quantitative estimate of drug-likeness (QED) is 0.500. The molecule has 0 saturated heterocycles. The van der Waals surface area contributed by atoms with Crippen molar-refractivity contribution in [2.75, 3.05) is 10.6 Å².